The summed E-state index contributed by atoms with van der Waals surface area (Å²) in [6, 6.07) is 14.2. The van der Waals surface area contributed by atoms with Gasteiger partial charge in [0.2, 0.25) is 0 Å². The number of fused-ring (bicyclic) bond motifs is 2. The molecule has 4 nitrogen and oxygen atoms in total. The second-order valence-corrected chi connectivity index (χ2v) is 5.26. The SMILES string of the molecule is Cn1c(-c2ccc3c(c2)COC3)nc2c(C#N)cccc21. The Kier molecular flexibility index (Phi) is 2.56. The van der Waals surface area contributed by atoms with E-state index < -0.39 is 0 Å². The molecule has 0 saturated heterocycles. The molecule has 4 heteroatoms. The highest BCUT2D eigenvalue weighted by molar-refractivity contribution is 5.85. The first-order valence-electron chi connectivity index (χ1n) is 6.83. The number of aryl methyl sites for hydroxylation is 1. The summed E-state index contributed by atoms with van der Waals surface area (Å²) >= 11 is 0. The maximum Gasteiger partial charge on any atom is 0.140 e. The number of ether oxygens (including phenoxy) is 1. The van der Waals surface area contributed by atoms with Crippen molar-refractivity contribution in [2.75, 3.05) is 0 Å². The van der Waals surface area contributed by atoms with Gasteiger partial charge in [-0.05, 0) is 29.3 Å². The number of aromatic nitrogens is 2. The predicted octanol–water partition coefficient (Wildman–Crippen LogP) is 3.14. The second-order valence-electron chi connectivity index (χ2n) is 5.26. The first kappa shape index (κ1) is 12.1. The van der Waals surface area contributed by atoms with Crippen molar-refractivity contribution in [1.29, 1.82) is 5.26 Å². The minimum absolute atomic E-state index is 0.610. The van der Waals surface area contributed by atoms with Crippen LogP contribution in [0.25, 0.3) is 22.4 Å². The van der Waals surface area contributed by atoms with Crippen molar-refractivity contribution in [2.45, 2.75) is 13.2 Å². The Bertz CT molecular complexity index is 902. The Labute approximate surface area is 122 Å². The smallest absolute Gasteiger partial charge is 0.140 e. The predicted molar refractivity (Wildman–Crippen MR) is 79.4 cm³/mol. The van der Waals surface area contributed by atoms with Gasteiger partial charge in [0.05, 0.1) is 24.3 Å². The number of nitrogens with zero attached hydrogens (tertiary/aromatic N) is 3. The van der Waals surface area contributed by atoms with Crippen molar-refractivity contribution >= 4 is 11.0 Å². The Balaban J connectivity index is 1.95. The van der Waals surface area contributed by atoms with E-state index in [2.05, 4.69) is 29.3 Å². The molecule has 1 aliphatic rings. The topological polar surface area (TPSA) is 50.8 Å². The largest absolute Gasteiger partial charge is 0.372 e. The lowest BCUT2D eigenvalue weighted by Gasteiger charge is -2.04. The molecule has 2 heterocycles. The lowest BCUT2D eigenvalue weighted by atomic mass is 10.1. The van der Waals surface area contributed by atoms with Crippen LogP contribution in [0.5, 0.6) is 0 Å². The molecule has 2 aromatic carbocycles. The highest BCUT2D eigenvalue weighted by Crippen LogP contribution is 2.29. The van der Waals surface area contributed by atoms with Gasteiger partial charge in [-0.1, -0.05) is 18.2 Å². The summed E-state index contributed by atoms with van der Waals surface area (Å²) in [5, 5.41) is 9.22. The first-order valence-corrected chi connectivity index (χ1v) is 6.83. The summed E-state index contributed by atoms with van der Waals surface area (Å²) in [7, 11) is 1.98. The van der Waals surface area contributed by atoms with Crippen LogP contribution in [0.3, 0.4) is 0 Å². The molecule has 21 heavy (non-hydrogen) atoms. The standard InChI is InChI=1S/C17H13N3O/c1-20-15-4-2-3-12(8-18)16(15)19-17(20)11-5-6-13-9-21-10-14(13)7-11/h2-7H,9-10H2,1H3. The van der Waals surface area contributed by atoms with Crippen molar-refractivity contribution in [3.05, 3.63) is 53.1 Å². The van der Waals surface area contributed by atoms with E-state index in [-0.39, 0.29) is 0 Å². The van der Waals surface area contributed by atoms with Crippen molar-refractivity contribution in [1.82, 2.24) is 9.55 Å². The maximum atomic E-state index is 9.22. The van der Waals surface area contributed by atoms with Gasteiger partial charge in [-0.2, -0.15) is 5.26 Å². The molecule has 0 unspecified atom stereocenters. The lowest BCUT2D eigenvalue weighted by Crippen LogP contribution is -1.93. The third-order valence-electron chi connectivity index (χ3n) is 4.01. The van der Waals surface area contributed by atoms with Crippen molar-refractivity contribution in [3.63, 3.8) is 0 Å². The van der Waals surface area contributed by atoms with Crippen molar-refractivity contribution in [3.8, 4) is 17.5 Å². The third-order valence-corrected chi connectivity index (χ3v) is 4.01. The van der Waals surface area contributed by atoms with Crippen LogP contribution >= 0.6 is 0 Å². The molecule has 0 fully saturated rings. The highest BCUT2D eigenvalue weighted by atomic mass is 16.5. The van der Waals surface area contributed by atoms with E-state index in [1.807, 2.05) is 23.7 Å². The number of benzene rings is 2. The molecule has 0 saturated carbocycles. The van der Waals surface area contributed by atoms with E-state index in [0.29, 0.717) is 18.8 Å². The summed E-state index contributed by atoms with van der Waals surface area (Å²) in [6.07, 6.45) is 0. The van der Waals surface area contributed by atoms with Crippen LogP contribution in [-0.2, 0) is 25.0 Å². The zero-order valence-electron chi connectivity index (χ0n) is 11.6. The lowest BCUT2D eigenvalue weighted by molar-refractivity contribution is 0.134. The van der Waals surface area contributed by atoms with E-state index in [1.165, 1.54) is 11.1 Å². The van der Waals surface area contributed by atoms with Gasteiger partial charge < -0.3 is 9.30 Å². The minimum Gasteiger partial charge on any atom is -0.372 e. The van der Waals surface area contributed by atoms with E-state index in [4.69, 9.17) is 4.74 Å². The first-order chi connectivity index (χ1) is 10.3. The minimum atomic E-state index is 0.610. The number of para-hydroxylation sites is 1. The molecule has 0 atom stereocenters. The van der Waals surface area contributed by atoms with Crippen LogP contribution in [-0.4, -0.2) is 9.55 Å². The Morgan fingerprint density at radius 2 is 2.05 bits per heavy atom. The second kappa shape index (κ2) is 4.44. The number of nitriles is 1. The molecule has 1 aromatic heterocycles. The monoisotopic (exact) mass is 275 g/mol. The van der Waals surface area contributed by atoms with Crippen molar-refractivity contribution < 1.29 is 4.74 Å². The van der Waals surface area contributed by atoms with Crippen LogP contribution in [0.4, 0.5) is 0 Å². The highest BCUT2D eigenvalue weighted by Gasteiger charge is 2.16. The number of rotatable bonds is 1. The average molecular weight is 275 g/mol. The van der Waals surface area contributed by atoms with Gasteiger partial charge in [-0.15, -0.1) is 0 Å². The van der Waals surface area contributed by atoms with Gasteiger partial charge in [0.25, 0.3) is 0 Å². The van der Waals surface area contributed by atoms with Gasteiger partial charge >= 0.3 is 0 Å². The van der Waals surface area contributed by atoms with Gasteiger partial charge in [0.1, 0.15) is 17.4 Å². The summed E-state index contributed by atoms with van der Waals surface area (Å²) in [5.74, 6) is 0.877. The summed E-state index contributed by atoms with van der Waals surface area (Å²) in [5.41, 5.74) is 5.87. The van der Waals surface area contributed by atoms with E-state index >= 15 is 0 Å². The Morgan fingerprint density at radius 3 is 2.90 bits per heavy atom. The van der Waals surface area contributed by atoms with Crippen LogP contribution < -0.4 is 0 Å². The molecular formula is C17H13N3O. The van der Waals surface area contributed by atoms with Crippen LogP contribution in [0.1, 0.15) is 16.7 Å². The van der Waals surface area contributed by atoms with Gasteiger partial charge in [-0.25, -0.2) is 4.98 Å². The fourth-order valence-electron chi connectivity index (χ4n) is 2.87. The molecule has 0 radical (unpaired) electrons. The summed E-state index contributed by atoms with van der Waals surface area (Å²) in [4.78, 5) is 4.68. The molecule has 0 aliphatic carbocycles. The van der Waals surface area contributed by atoms with Crippen LogP contribution in [0, 0.1) is 11.3 Å². The molecule has 1 aliphatic heterocycles. The van der Waals surface area contributed by atoms with Crippen LogP contribution in [0.2, 0.25) is 0 Å². The van der Waals surface area contributed by atoms with E-state index in [0.717, 1.165) is 22.4 Å². The summed E-state index contributed by atoms with van der Waals surface area (Å²) < 4.78 is 7.50. The van der Waals surface area contributed by atoms with Gasteiger partial charge in [-0.3, -0.25) is 0 Å². The summed E-state index contributed by atoms with van der Waals surface area (Å²) in [6.45, 7) is 1.35. The Hall–Kier alpha value is -2.64. The molecule has 102 valence electrons. The van der Waals surface area contributed by atoms with E-state index in [1.54, 1.807) is 6.07 Å². The molecule has 0 N–H and O–H groups in total. The normalized spacial score (nSPS) is 13.3. The average Bonchev–Trinajstić information content (AvgIpc) is 3.11. The fourth-order valence-corrected chi connectivity index (χ4v) is 2.87. The van der Waals surface area contributed by atoms with Crippen molar-refractivity contribution in [2.24, 2.45) is 7.05 Å². The number of imidazole rings is 1. The fraction of sp³-hybridized carbons (Fsp3) is 0.176. The molecular weight excluding hydrogens is 262 g/mol. The number of hydrogen-bond acceptors (Lipinski definition) is 3. The number of hydrogen-bond donors (Lipinski definition) is 0. The Morgan fingerprint density at radius 1 is 1.19 bits per heavy atom. The molecule has 3 aromatic rings. The van der Waals surface area contributed by atoms with Gasteiger partial charge in [0, 0.05) is 12.6 Å². The molecule has 4 rings (SSSR count). The van der Waals surface area contributed by atoms with Crippen LogP contribution in [0.15, 0.2) is 36.4 Å². The maximum absolute atomic E-state index is 9.22. The van der Waals surface area contributed by atoms with E-state index in [9.17, 15) is 5.26 Å². The third kappa shape index (κ3) is 1.75. The van der Waals surface area contributed by atoms with Gasteiger partial charge in [0.15, 0.2) is 0 Å². The molecule has 0 bridgehead atoms. The zero-order valence-corrected chi connectivity index (χ0v) is 11.6. The molecule has 0 amide bonds. The quantitative estimate of drug-likeness (QED) is 0.685. The molecule has 0 spiro atoms. The zero-order chi connectivity index (χ0) is 14.4.